The fourth-order valence-electron chi connectivity index (χ4n) is 2.48. The minimum atomic E-state index is -0.989. The number of aryl methyl sites for hydroxylation is 1. The van der Waals surface area contributed by atoms with Crippen LogP contribution in [0.25, 0.3) is 0 Å². The van der Waals surface area contributed by atoms with Gasteiger partial charge in [-0.1, -0.05) is 18.9 Å². The third-order valence-corrected chi connectivity index (χ3v) is 3.76. The van der Waals surface area contributed by atoms with Gasteiger partial charge in [-0.3, -0.25) is 4.79 Å². The number of rotatable bonds is 4. The smallest absolute Gasteiger partial charge is 0.336 e. The Morgan fingerprint density at radius 1 is 1.19 bits per heavy atom. The SMILES string of the molecule is Cc1ccc(OCC(=O)N2CCCCCC2)cc1C(=O)O. The molecular weight excluding hydrogens is 270 g/mol. The molecule has 5 nitrogen and oxygen atoms in total. The van der Waals surface area contributed by atoms with Gasteiger partial charge in [0.15, 0.2) is 6.61 Å². The molecule has 21 heavy (non-hydrogen) atoms. The number of benzene rings is 1. The summed E-state index contributed by atoms with van der Waals surface area (Å²) < 4.78 is 5.45. The van der Waals surface area contributed by atoms with Crippen LogP contribution in [0.2, 0.25) is 0 Å². The predicted molar refractivity (Wildman–Crippen MR) is 78.7 cm³/mol. The highest BCUT2D eigenvalue weighted by atomic mass is 16.5. The van der Waals surface area contributed by atoms with E-state index in [0.717, 1.165) is 25.9 Å². The summed E-state index contributed by atoms with van der Waals surface area (Å²) in [6.45, 7) is 3.27. The average Bonchev–Trinajstić information content (AvgIpc) is 2.75. The Labute approximate surface area is 124 Å². The largest absolute Gasteiger partial charge is 0.484 e. The minimum absolute atomic E-state index is 0.0330. The van der Waals surface area contributed by atoms with Crippen molar-refractivity contribution in [3.63, 3.8) is 0 Å². The van der Waals surface area contributed by atoms with E-state index in [4.69, 9.17) is 9.84 Å². The fourth-order valence-corrected chi connectivity index (χ4v) is 2.48. The molecule has 0 saturated carbocycles. The number of aromatic carboxylic acids is 1. The molecule has 0 unspecified atom stereocenters. The molecule has 1 fully saturated rings. The maximum absolute atomic E-state index is 12.1. The summed E-state index contributed by atoms with van der Waals surface area (Å²) >= 11 is 0. The Bertz CT molecular complexity index is 519. The molecular formula is C16H21NO4. The molecule has 1 aliphatic rings. The molecule has 1 heterocycles. The Hall–Kier alpha value is -2.04. The molecule has 0 atom stereocenters. The van der Waals surface area contributed by atoms with E-state index in [-0.39, 0.29) is 18.1 Å². The van der Waals surface area contributed by atoms with Crippen LogP contribution in [0.15, 0.2) is 18.2 Å². The van der Waals surface area contributed by atoms with Crippen molar-refractivity contribution in [1.82, 2.24) is 4.90 Å². The molecule has 1 aliphatic heterocycles. The third kappa shape index (κ3) is 4.21. The number of carbonyl (C=O) groups excluding carboxylic acids is 1. The van der Waals surface area contributed by atoms with Crippen molar-refractivity contribution >= 4 is 11.9 Å². The van der Waals surface area contributed by atoms with E-state index in [2.05, 4.69) is 0 Å². The van der Waals surface area contributed by atoms with Gasteiger partial charge in [-0.05, 0) is 37.5 Å². The fraction of sp³-hybridized carbons (Fsp3) is 0.500. The van der Waals surface area contributed by atoms with Gasteiger partial charge in [0.25, 0.3) is 5.91 Å². The summed E-state index contributed by atoms with van der Waals surface area (Å²) in [6, 6.07) is 4.85. The lowest BCUT2D eigenvalue weighted by molar-refractivity contribution is -0.133. The summed E-state index contributed by atoms with van der Waals surface area (Å²) in [6.07, 6.45) is 4.42. The van der Waals surface area contributed by atoms with E-state index in [1.165, 1.54) is 18.9 Å². The van der Waals surface area contributed by atoms with Gasteiger partial charge in [-0.15, -0.1) is 0 Å². The van der Waals surface area contributed by atoms with E-state index >= 15 is 0 Å². The van der Waals surface area contributed by atoms with Crippen LogP contribution in [0.3, 0.4) is 0 Å². The summed E-state index contributed by atoms with van der Waals surface area (Å²) in [5.41, 5.74) is 0.878. The number of carboxylic acid groups (broad SMARTS) is 1. The van der Waals surface area contributed by atoms with Gasteiger partial charge >= 0.3 is 5.97 Å². The Morgan fingerprint density at radius 2 is 1.86 bits per heavy atom. The summed E-state index contributed by atoms with van der Waals surface area (Å²) in [5.74, 6) is -0.604. The highest BCUT2D eigenvalue weighted by Gasteiger charge is 2.16. The van der Waals surface area contributed by atoms with E-state index in [1.807, 2.05) is 4.90 Å². The van der Waals surface area contributed by atoms with Crippen molar-refractivity contribution in [2.24, 2.45) is 0 Å². The van der Waals surface area contributed by atoms with Crippen LogP contribution in [0.1, 0.15) is 41.6 Å². The quantitative estimate of drug-likeness (QED) is 0.925. The topological polar surface area (TPSA) is 66.8 Å². The van der Waals surface area contributed by atoms with E-state index in [9.17, 15) is 9.59 Å². The third-order valence-electron chi connectivity index (χ3n) is 3.76. The van der Waals surface area contributed by atoms with Crippen molar-refractivity contribution in [2.45, 2.75) is 32.6 Å². The first kappa shape index (κ1) is 15.4. The Morgan fingerprint density at radius 3 is 2.48 bits per heavy atom. The molecule has 1 amide bonds. The van der Waals surface area contributed by atoms with Crippen LogP contribution in [0.5, 0.6) is 5.75 Å². The number of amides is 1. The minimum Gasteiger partial charge on any atom is -0.484 e. The van der Waals surface area contributed by atoms with Crippen LogP contribution >= 0.6 is 0 Å². The van der Waals surface area contributed by atoms with E-state index in [0.29, 0.717) is 11.3 Å². The number of likely N-dealkylation sites (tertiary alicyclic amines) is 1. The molecule has 0 radical (unpaired) electrons. The Kier molecular flexibility index (Phi) is 5.20. The standard InChI is InChI=1S/C16H21NO4/c1-12-6-7-13(10-14(12)16(19)20)21-11-15(18)17-8-4-2-3-5-9-17/h6-7,10H,2-5,8-9,11H2,1H3,(H,19,20). The molecule has 0 bridgehead atoms. The number of carbonyl (C=O) groups is 2. The molecule has 1 aromatic rings. The molecule has 114 valence electrons. The summed E-state index contributed by atoms with van der Waals surface area (Å²) in [4.78, 5) is 25.0. The monoisotopic (exact) mass is 291 g/mol. The highest BCUT2D eigenvalue weighted by Crippen LogP contribution is 2.18. The van der Waals surface area contributed by atoms with Gasteiger partial charge in [0.05, 0.1) is 5.56 Å². The average molecular weight is 291 g/mol. The van der Waals surface area contributed by atoms with Gasteiger partial charge in [-0.25, -0.2) is 4.79 Å². The first-order valence-electron chi connectivity index (χ1n) is 7.32. The van der Waals surface area contributed by atoms with Crippen LogP contribution in [-0.4, -0.2) is 41.6 Å². The maximum Gasteiger partial charge on any atom is 0.336 e. The molecule has 0 aromatic heterocycles. The van der Waals surface area contributed by atoms with Crippen LogP contribution < -0.4 is 4.74 Å². The van der Waals surface area contributed by atoms with Gasteiger partial charge in [-0.2, -0.15) is 0 Å². The lowest BCUT2D eigenvalue weighted by Gasteiger charge is -2.20. The summed E-state index contributed by atoms with van der Waals surface area (Å²) in [7, 11) is 0. The van der Waals surface area contributed by atoms with Gasteiger partial charge in [0.2, 0.25) is 0 Å². The highest BCUT2D eigenvalue weighted by molar-refractivity contribution is 5.89. The van der Waals surface area contributed by atoms with E-state index < -0.39 is 5.97 Å². The second-order valence-corrected chi connectivity index (χ2v) is 5.37. The number of carboxylic acids is 1. The van der Waals surface area contributed by atoms with E-state index in [1.54, 1.807) is 19.1 Å². The zero-order valence-electron chi connectivity index (χ0n) is 12.3. The van der Waals surface area contributed by atoms with Gasteiger partial charge in [0.1, 0.15) is 5.75 Å². The molecule has 2 rings (SSSR count). The van der Waals surface area contributed by atoms with Crippen molar-refractivity contribution in [1.29, 1.82) is 0 Å². The normalized spacial score (nSPS) is 15.4. The zero-order valence-corrected chi connectivity index (χ0v) is 12.3. The van der Waals surface area contributed by atoms with Gasteiger partial charge < -0.3 is 14.7 Å². The number of ether oxygens (including phenoxy) is 1. The van der Waals surface area contributed by atoms with Crippen molar-refractivity contribution in [2.75, 3.05) is 19.7 Å². The number of hydrogen-bond donors (Lipinski definition) is 1. The number of hydrogen-bond acceptors (Lipinski definition) is 3. The van der Waals surface area contributed by atoms with Crippen LogP contribution in [0.4, 0.5) is 0 Å². The molecule has 1 N–H and O–H groups in total. The lowest BCUT2D eigenvalue weighted by Crippen LogP contribution is -2.35. The lowest BCUT2D eigenvalue weighted by atomic mass is 10.1. The Balaban J connectivity index is 1.94. The first-order valence-corrected chi connectivity index (χ1v) is 7.32. The van der Waals surface area contributed by atoms with Crippen molar-refractivity contribution < 1.29 is 19.4 Å². The summed E-state index contributed by atoms with van der Waals surface area (Å²) in [5, 5.41) is 9.07. The maximum atomic E-state index is 12.1. The number of nitrogens with zero attached hydrogens (tertiary/aromatic N) is 1. The molecule has 1 aromatic carbocycles. The molecule has 5 heteroatoms. The van der Waals surface area contributed by atoms with Crippen LogP contribution in [-0.2, 0) is 4.79 Å². The zero-order chi connectivity index (χ0) is 15.2. The van der Waals surface area contributed by atoms with Crippen molar-refractivity contribution in [3.05, 3.63) is 29.3 Å². The van der Waals surface area contributed by atoms with Crippen molar-refractivity contribution in [3.8, 4) is 5.75 Å². The molecule has 0 spiro atoms. The second-order valence-electron chi connectivity index (χ2n) is 5.37. The first-order chi connectivity index (χ1) is 10.1. The molecule has 1 saturated heterocycles. The second kappa shape index (κ2) is 7.11. The predicted octanol–water partition coefficient (Wildman–Crippen LogP) is 2.47. The van der Waals surface area contributed by atoms with Crippen LogP contribution in [0, 0.1) is 6.92 Å². The van der Waals surface area contributed by atoms with Gasteiger partial charge in [0, 0.05) is 13.1 Å². The molecule has 0 aliphatic carbocycles.